The molecule has 0 saturated carbocycles. The van der Waals surface area contributed by atoms with Gasteiger partial charge in [0.25, 0.3) is 11.8 Å². The minimum atomic E-state index is 0.517. The van der Waals surface area contributed by atoms with E-state index in [4.69, 9.17) is 9.47 Å². The van der Waals surface area contributed by atoms with Crippen molar-refractivity contribution in [1.82, 2.24) is 13.6 Å². The molecule has 6 heteroatoms. The molecule has 0 saturated heterocycles. The van der Waals surface area contributed by atoms with Crippen molar-refractivity contribution in [2.24, 2.45) is 0 Å². The van der Waals surface area contributed by atoms with Crippen molar-refractivity contribution >= 4 is 11.7 Å². The maximum Gasteiger partial charge on any atom is 0.291 e. The summed E-state index contributed by atoms with van der Waals surface area (Å²) in [6, 6.07) is 0. The van der Waals surface area contributed by atoms with Crippen LogP contribution in [-0.4, -0.2) is 47.5 Å². The van der Waals surface area contributed by atoms with E-state index in [9.17, 15) is 0 Å². The van der Waals surface area contributed by atoms with E-state index < -0.39 is 0 Å². The first kappa shape index (κ1) is 13.2. The van der Waals surface area contributed by atoms with Crippen LogP contribution in [-0.2, 0) is 0 Å². The summed E-state index contributed by atoms with van der Waals surface area (Å²) in [6.45, 7) is 4.25. The third kappa shape index (κ3) is 4.76. The van der Waals surface area contributed by atoms with Crippen LogP contribution in [0.4, 0.5) is 0 Å². The van der Waals surface area contributed by atoms with Gasteiger partial charge in [-0.25, -0.2) is 0 Å². The van der Waals surface area contributed by atoms with Crippen LogP contribution in [0.3, 0.4) is 0 Å². The molecule has 5 nitrogen and oxygen atoms in total. The molecule has 0 atom stereocenters. The second kappa shape index (κ2) is 7.40. The van der Waals surface area contributed by atoms with Gasteiger partial charge in [-0.2, -0.15) is 0 Å². The Labute approximate surface area is 101 Å². The third-order valence-corrected chi connectivity index (χ3v) is 2.44. The molecule has 1 heterocycles. The molecule has 0 aromatic carbocycles. The van der Waals surface area contributed by atoms with Crippen LogP contribution in [0.1, 0.15) is 19.8 Å². The highest BCUT2D eigenvalue weighted by molar-refractivity contribution is 6.99. The maximum absolute atomic E-state index is 5.49. The highest BCUT2D eigenvalue weighted by Crippen LogP contribution is 2.23. The Balaban J connectivity index is 2.32. The van der Waals surface area contributed by atoms with Crippen LogP contribution in [0.2, 0.25) is 0 Å². The molecule has 1 aromatic heterocycles. The van der Waals surface area contributed by atoms with Crippen molar-refractivity contribution in [2.75, 3.05) is 33.9 Å². The predicted octanol–water partition coefficient (Wildman–Crippen LogP) is 1.66. The van der Waals surface area contributed by atoms with Crippen molar-refractivity contribution < 1.29 is 9.47 Å². The van der Waals surface area contributed by atoms with Crippen LogP contribution in [0, 0.1) is 0 Å². The second-order valence-electron chi connectivity index (χ2n) is 3.73. The third-order valence-electron chi connectivity index (χ3n) is 1.94. The summed E-state index contributed by atoms with van der Waals surface area (Å²) in [5.74, 6) is 1.04. The molecule has 1 aromatic rings. The van der Waals surface area contributed by atoms with Crippen molar-refractivity contribution in [2.45, 2.75) is 19.8 Å². The van der Waals surface area contributed by atoms with E-state index in [1.807, 2.05) is 14.1 Å². The van der Waals surface area contributed by atoms with E-state index in [0.29, 0.717) is 25.0 Å². The molecule has 0 spiro atoms. The first-order valence-corrected chi connectivity index (χ1v) is 6.20. The predicted molar refractivity (Wildman–Crippen MR) is 64.4 cm³/mol. The lowest BCUT2D eigenvalue weighted by Gasteiger charge is -2.09. The normalized spacial score (nSPS) is 10.8. The van der Waals surface area contributed by atoms with E-state index >= 15 is 0 Å². The molecular formula is C10H19N3O2S. The van der Waals surface area contributed by atoms with Crippen LogP contribution in [0.25, 0.3) is 0 Å². The highest BCUT2D eigenvalue weighted by Gasteiger charge is 2.10. The van der Waals surface area contributed by atoms with Gasteiger partial charge in [-0.1, -0.05) is 13.3 Å². The Morgan fingerprint density at radius 1 is 1.12 bits per heavy atom. The molecule has 0 amide bonds. The molecule has 0 N–H and O–H groups in total. The fourth-order valence-electron chi connectivity index (χ4n) is 0.987. The van der Waals surface area contributed by atoms with Crippen LogP contribution in [0.15, 0.2) is 0 Å². The average Bonchev–Trinajstić information content (AvgIpc) is 2.66. The molecule has 16 heavy (non-hydrogen) atoms. The molecule has 0 bridgehead atoms. The Bertz CT molecular complexity index is 291. The second-order valence-corrected chi connectivity index (χ2v) is 4.26. The van der Waals surface area contributed by atoms with Gasteiger partial charge in [0.05, 0.1) is 18.3 Å². The van der Waals surface area contributed by atoms with Crippen LogP contribution in [0.5, 0.6) is 11.8 Å². The van der Waals surface area contributed by atoms with Crippen LogP contribution >= 0.6 is 11.7 Å². The monoisotopic (exact) mass is 245 g/mol. The zero-order valence-electron chi connectivity index (χ0n) is 10.1. The number of rotatable bonds is 8. The molecular weight excluding hydrogens is 226 g/mol. The minimum Gasteiger partial charge on any atom is -0.473 e. The topological polar surface area (TPSA) is 47.5 Å². The number of hydrogen-bond donors (Lipinski definition) is 0. The summed E-state index contributed by atoms with van der Waals surface area (Å²) in [7, 11) is 4.00. The van der Waals surface area contributed by atoms with Gasteiger partial charge in [0, 0.05) is 6.54 Å². The Morgan fingerprint density at radius 2 is 1.75 bits per heavy atom. The number of ether oxygens (including phenoxy) is 2. The quantitative estimate of drug-likeness (QED) is 0.652. The summed E-state index contributed by atoms with van der Waals surface area (Å²) in [6.07, 6.45) is 2.13. The molecule has 0 fully saturated rings. The molecule has 0 aliphatic carbocycles. The summed E-state index contributed by atoms with van der Waals surface area (Å²) in [4.78, 5) is 2.05. The van der Waals surface area contributed by atoms with Gasteiger partial charge in [0.1, 0.15) is 6.61 Å². The molecule has 1 rings (SSSR count). The summed E-state index contributed by atoms with van der Waals surface area (Å²) < 4.78 is 19.1. The molecule has 0 unspecified atom stereocenters. The Kier molecular flexibility index (Phi) is 6.10. The fourth-order valence-corrected chi connectivity index (χ4v) is 1.44. The number of likely N-dealkylation sites (N-methyl/N-ethyl adjacent to an activating group) is 1. The highest BCUT2D eigenvalue weighted by atomic mass is 32.1. The van der Waals surface area contributed by atoms with E-state index in [1.165, 1.54) is 0 Å². The summed E-state index contributed by atoms with van der Waals surface area (Å²) in [5.41, 5.74) is 0. The van der Waals surface area contributed by atoms with Gasteiger partial charge in [-0.05, 0) is 20.5 Å². The first-order valence-electron chi connectivity index (χ1n) is 5.47. The lowest BCUT2D eigenvalue weighted by atomic mass is 10.4. The lowest BCUT2D eigenvalue weighted by molar-refractivity contribution is 0.231. The molecule has 92 valence electrons. The zero-order chi connectivity index (χ0) is 11.8. The van der Waals surface area contributed by atoms with Gasteiger partial charge < -0.3 is 14.4 Å². The average molecular weight is 245 g/mol. The van der Waals surface area contributed by atoms with E-state index in [2.05, 4.69) is 20.6 Å². The first-order chi connectivity index (χ1) is 7.74. The Hall–Kier alpha value is -0.880. The number of aromatic nitrogens is 2. The van der Waals surface area contributed by atoms with Crippen molar-refractivity contribution in [3.8, 4) is 11.8 Å². The van der Waals surface area contributed by atoms with Crippen molar-refractivity contribution in [3.63, 3.8) is 0 Å². The zero-order valence-corrected chi connectivity index (χ0v) is 10.9. The Morgan fingerprint density at radius 3 is 2.31 bits per heavy atom. The van der Waals surface area contributed by atoms with Gasteiger partial charge in [0.15, 0.2) is 0 Å². The van der Waals surface area contributed by atoms with Gasteiger partial charge in [-0.15, -0.1) is 8.75 Å². The van der Waals surface area contributed by atoms with Gasteiger partial charge in [0.2, 0.25) is 0 Å². The smallest absolute Gasteiger partial charge is 0.291 e. The summed E-state index contributed by atoms with van der Waals surface area (Å²) >= 11 is 1.12. The number of unbranched alkanes of at least 4 members (excludes halogenated alkanes) is 1. The van der Waals surface area contributed by atoms with E-state index in [-0.39, 0.29) is 0 Å². The number of nitrogens with zero attached hydrogens (tertiary/aromatic N) is 3. The van der Waals surface area contributed by atoms with E-state index in [1.54, 1.807) is 0 Å². The van der Waals surface area contributed by atoms with Crippen molar-refractivity contribution in [1.29, 1.82) is 0 Å². The molecule has 0 aliphatic heterocycles. The minimum absolute atomic E-state index is 0.517. The molecule has 0 radical (unpaired) electrons. The van der Waals surface area contributed by atoms with Crippen LogP contribution < -0.4 is 9.47 Å². The maximum atomic E-state index is 5.49. The van der Waals surface area contributed by atoms with Crippen molar-refractivity contribution in [3.05, 3.63) is 0 Å². The molecule has 0 aliphatic rings. The van der Waals surface area contributed by atoms with Gasteiger partial charge >= 0.3 is 0 Å². The van der Waals surface area contributed by atoms with E-state index in [0.717, 1.165) is 31.1 Å². The standard InChI is InChI=1S/C10H19N3O2S/c1-4-5-7-14-9-10(12-16-11-9)15-8-6-13(2)3/h4-8H2,1-3H3. The lowest BCUT2D eigenvalue weighted by Crippen LogP contribution is -2.19. The summed E-state index contributed by atoms with van der Waals surface area (Å²) in [5, 5.41) is 0. The number of hydrogen-bond acceptors (Lipinski definition) is 6. The fraction of sp³-hybridized carbons (Fsp3) is 0.800. The largest absolute Gasteiger partial charge is 0.473 e. The van der Waals surface area contributed by atoms with Gasteiger partial charge in [-0.3, -0.25) is 0 Å². The SMILES string of the molecule is CCCCOc1nsnc1OCCN(C)C.